The Morgan fingerprint density at radius 3 is 2.64 bits per heavy atom. The number of thioether (sulfide) groups is 1. The van der Waals surface area contributed by atoms with E-state index in [0.717, 1.165) is 16.5 Å². The molecule has 7 heteroatoms. The fourth-order valence-electron chi connectivity index (χ4n) is 2.37. The number of imidazole rings is 1. The number of benzene rings is 1. The van der Waals surface area contributed by atoms with E-state index in [1.165, 1.54) is 4.57 Å². The number of nitrogens with one attached hydrogen (secondary N) is 1. The normalized spacial score (nSPS) is 11.2. The Hall–Kier alpha value is -2.28. The second-order valence-electron chi connectivity index (χ2n) is 4.89. The van der Waals surface area contributed by atoms with Crippen molar-refractivity contribution in [3.05, 3.63) is 56.7 Å². The van der Waals surface area contributed by atoms with Crippen LogP contribution >= 0.6 is 11.8 Å². The maximum absolute atomic E-state index is 12.2. The van der Waals surface area contributed by atoms with Gasteiger partial charge in [0.15, 0.2) is 16.3 Å². The number of hydrogen-bond donors (Lipinski definition) is 1. The van der Waals surface area contributed by atoms with E-state index in [0.29, 0.717) is 17.7 Å². The van der Waals surface area contributed by atoms with Crippen molar-refractivity contribution < 1.29 is 0 Å². The van der Waals surface area contributed by atoms with E-state index in [9.17, 15) is 9.59 Å². The van der Waals surface area contributed by atoms with E-state index < -0.39 is 11.2 Å². The van der Waals surface area contributed by atoms with Gasteiger partial charge in [-0.05, 0) is 11.3 Å². The molecule has 0 radical (unpaired) electrons. The molecule has 3 aromatic rings. The van der Waals surface area contributed by atoms with Crippen LogP contribution in [-0.4, -0.2) is 24.9 Å². The van der Waals surface area contributed by atoms with Crippen LogP contribution in [0.5, 0.6) is 0 Å². The lowest BCUT2D eigenvalue weighted by atomic mass is 10.2. The molecule has 0 aliphatic heterocycles. The molecule has 0 aliphatic rings. The van der Waals surface area contributed by atoms with Crippen LogP contribution < -0.4 is 11.2 Å². The van der Waals surface area contributed by atoms with Crippen molar-refractivity contribution in [2.24, 2.45) is 7.05 Å². The maximum Gasteiger partial charge on any atom is 0.329 e. The zero-order chi connectivity index (χ0) is 15.7. The third kappa shape index (κ3) is 2.48. The van der Waals surface area contributed by atoms with Crippen molar-refractivity contribution in [1.82, 2.24) is 19.1 Å². The zero-order valence-electron chi connectivity index (χ0n) is 12.4. The summed E-state index contributed by atoms with van der Waals surface area (Å²) in [5, 5.41) is 0.744. The van der Waals surface area contributed by atoms with Crippen LogP contribution in [0, 0.1) is 0 Å². The van der Waals surface area contributed by atoms with Crippen molar-refractivity contribution in [1.29, 1.82) is 0 Å². The SMILES string of the molecule is CCSc1nc2c(c(=O)[nH]c(=O)n2C)n1Cc1ccccc1. The summed E-state index contributed by atoms with van der Waals surface area (Å²) in [5.41, 5.74) is 1.08. The van der Waals surface area contributed by atoms with Crippen molar-refractivity contribution in [2.75, 3.05) is 5.75 Å². The summed E-state index contributed by atoms with van der Waals surface area (Å²) in [6.45, 7) is 2.57. The lowest BCUT2D eigenvalue weighted by Crippen LogP contribution is -2.29. The van der Waals surface area contributed by atoms with E-state index >= 15 is 0 Å². The van der Waals surface area contributed by atoms with Gasteiger partial charge in [0.25, 0.3) is 5.56 Å². The van der Waals surface area contributed by atoms with Crippen molar-refractivity contribution in [3.63, 3.8) is 0 Å². The van der Waals surface area contributed by atoms with Crippen LogP contribution in [0.1, 0.15) is 12.5 Å². The van der Waals surface area contributed by atoms with Gasteiger partial charge in [0.2, 0.25) is 0 Å². The number of aryl methyl sites for hydroxylation is 1. The summed E-state index contributed by atoms with van der Waals surface area (Å²) in [6, 6.07) is 9.88. The summed E-state index contributed by atoms with van der Waals surface area (Å²) in [6.07, 6.45) is 0. The van der Waals surface area contributed by atoms with Crippen LogP contribution in [-0.2, 0) is 13.6 Å². The molecule has 6 nitrogen and oxygen atoms in total. The highest BCUT2D eigenvalue weighted by Crippen LogP contribution is 2.22. The fourth-order valence-corrected chi connectivity index (χ4v) is 3.09. The van der Waals surface area contributed by atoms with Crippen LogP contribution in [0.2, 0.25) is 0 Å². The first-order chi connectivity index (χ1) is 10.6. The van der Waals surface area contributed by atoms with Gasteiger partial charge in [-0.15, -0.1) is 0 Å². The standard InChI is InChI=1S/C15H16N4O2S/c1-3-22-15-16-12-11(13(20)17-14(21)18(12)2)19(15)9-10-7-5-4-6-8-10/h4-8H,3,9H2,1-2H3,(H,17,20,21). The van der Waals surface area contributed by atoms with E-state index in [-0.39, 0.29) is 0 Å². The number of rotatable bonds is 4. The van der Waals surface area contributed by atoms with E-state index in [2.05, 4.69) is 9.97 Å². The Kier molecular flexibility index (Phi) is 3.89. The highest BCUT2D eigenvalue weighted by atomic mass is 32.2. The first-order valence-electron chi connectivity index (χ1n) is 6.98. The molecule has 2 heterocycles. The average Bonchev–Trinajstić information content (AvgIpc) is 2.86. The molecule has 1 aromatic carbocycles. The summed E-state index contributed by atoms with van der Waals surface area (Å²) in [7, 11) is 1.61. The summed E-state index contributed by atoms with van der Waals surface area (Å²) in [5.74, 6) is 0.837. The maximum atomic E-state index is 12.2. The second kappa shape index (κ2) is 5.84. The molecule has 0 bridgehead atoms. The fraction of sp³-hybridized carbons (Fsp3) is 0.267. The van der Waals surface area contributed by atoms with Gasteiger partial charge in [-0.25, -0.2) is 9.78 Å². The van der Waals surface area contributed by atoms with Crippen LogP contribution in [0.15, 0.2) is 45.1 Å². The highest BCUT2D eigenvalue weighted by Gasteiger charge is 2.17. The van der Waals surface area contributed by atoms with Crippen LogP contribution in [0.4, 0.5) is 0 Å². The van der Waals surface area contributed by atoms with Gasteiger partial charge in [0.05, 0.1) is 6.54 Å². The van der Waals surface area contributed by atoms with Crippen molar-refractivity contribution in [3.8, 4) is 0 Å². The number of H-pyrrole nitrogens is 1. The van der Waals surface area contributed by atoms with Gasteiger partial charge in [0.1, 0.15) is 0 Å². The monoisotopic (exact) mass is 316 g/mol. The number of aromatic amines is 1. The summed E-state index contributed by atoms with van der Waals surface area (Å²) < 4.78 is 3.25. The molecule has 22 heavy (non-hydrogen) atoms. The van der Waals surface area contributed by atoms with Crippen LogP contribution in [0.3, 0.4) is 0 Å². The molecule has 0 spiro atoms. The Bertz CT molecular complexity index is 924. The van der Waals surface area contributed by atoms with Crippen molar-refractivity contribution in [2.45, 2.75) is 18.6 Å². The number of hydrogen-bond acceptors (Lipinski definition) is 4. The molecule has 3 rings (SSSR count). The van der Waals surface area contributed by atoms with E-state index in [4.69, 9.17) is 0 Å². The van der Waals surface area contributed by atoms with Crippen molar-refractivity contribution >= 4 is 22.9 Å². The topological polar surface area (TPSA) is 72.7 Å². The number of nitrogens with zero attached hydrogens (tertiary/aromatic N) is 3. The minimum atomic E-state index is -0.449. The van der Waals surface area contributed by atoms with E-state index in [1.54, 1.807) is 18.8 Å². The third-order valence-electron chi connectivity index (χ3n) is 3.43. The lowest BCUT2D eigenvalue weighted by molar-refractivity contribution is 0.728. The van der Waals surface area contributed by atoms with Gasteiger partial charge >= 0.3 is 5.69 Å². The first kappa shape index (κ1) is 14.6. The molecule has 0 atom stereocenters. The van der Waals surface area contributed by atoms with Gasteiger partial charge < -0.3 is 4.57 Å². The quantitative estimate of drug-likeness (QED) is 0.742. The smallest absolute Gasteiger partial charge is 0.309 e. The highest BCUT2D eigenvalue weighted by molar-refractivity contribution is 7.99. The van der Waals surface area contributed by atoms with Gasteiger partial charge in [0, 0.05) is 7.05 Å². The Morgan fingerprint density at radius 2 is 1.95 bits per heavy atom. The van der Waals surface area contributed by atoms with Crippen LogP contribution in [0.25, 0.3) is 11.2 Å². The molecule has 0 saturated heterocycles. The third-order valence-corrected chi connectivity index (χ3v) is 4.29. The minimum absolute atomic E-state index is 0.399. The molecule has 114 valence electrons. The molecular formula is C15H16N4O2S. The Labute approximate surface area is 130 Å². The Balaban J connectivity index is 2.26. The lowest BCUT2D eigenvalue weighted by Gasteiger charge is -2.07. The molecule has 2 aromatic heterocycles. The molecule has 0 unspecified atom stereocenters. The number of fused-ring (bicyclic) bond motifs is 1. The van der Waals surface area contributed by atoms with Gasteiger partial charge in [-0.1, -0.05) is 49.0 Å². The molecular weight excluding hydrogens is 300 g/mol. The van der Waals surface area contributed by atoms with E-state index in [1.807, 2.05) is 41.8 Å². The average molecular weight is 316 g/mol. The second-order valence-corrected chi connectivity index (χ2v) is 6.12. The minimum Gasteiger partial charge on any atom is -0.309 e. The molecule has 1 N–H and O–H groups in total. The molecule has 0 amide bonds. The van der Waals surface area contributed by atoms with Gasteiger partial charge in [-0.2, -0.15) is 0 Å². The molecule has 0 aliphatic carbocycles. The largest absolute Gasteiger partial charge is 0.329 e. The first-order valence-corrected chi connectivity index (χ1v) is 7.96. The molecule has 0 saturated carbocycles. The summed E-state index contributed by atoms with van der Waals surface area (Å²) >= 11 is 1.55. The predicted octanol–water partition coefficient (Wildman–Crippen LogP) is 1.58. The molecule has 0 fully saturated rings. The summed E-state index contributed by atoms with van der Waals surface area (Å²) in [4.78, 5) is 30.8. The Morgan fingerprint density at radius 1 is 1.23 bits per heavy atom. The van der Waals surface area contributed by atoms with Gasteiger partial charge in [-0.3, -0.25) is 14.3 Å². The number of aromatic nitrogens is 4. The predicted molar refractivity (Wildman–Crippen MR) is 87.5 cm³/mol. The zero-order valence-corrected chi connectivity index (χ0v) is 13.2.